The third-order valence-corrected chi connectivity index (χ3v) is 5.88. The molecule has 3 aromatic carbocycles. The molecule has 0 spiro atoms. The molecule has 0 aliphatic carbocycles. The van der Waals surface area contributed by atoms with Gasteiger partial charge >= 0.3 is 0 Å². The molecule has 9 heteroatoms. The van der Waals surface area contributed by atoms with Crippen LogP contribution in [0.1, 0.15) is 5.56 Å². The Kier molecular flexibility index (Phi) is 5.29. The number of para-hydroxylation sites is 2. The maximum atomic E-state index is 12.4. The van der Waals surface area contributed by atoms with Gasteiger partial charge in [-0.05, 0) is 42.0 Å². The molecule has 1 amide bonds. The van der Waals surface area contributed by atoms with Crippen molar-refractivity contribution in [3.8, 4) is 5.69 Å². The maximum Gasteiger partial charge on any atom is 0.240 e. The lowest BCUT2D eigenvalue weighted by Crippen LogP contribution is -2.18. The van der Waals surface area contributed by atoms with Crippen LogP contribution >= 0.6 is 11.6 Å². The van der Waals surface area contributed by atoms with Crippen LogP contribution in [-0.2, 0) is 21.2 Å². The van der Waals surface area contributed by atoms with Gasteiger partial charge < -0.3 is 5.32 Å². The average molecular weight is 441 g/mol. The van der Waals surface area contributed by atoms with Gasteiger partial charge in [-0.25, -0.2) is 18.5 Å². The van der Waals surface area contributed by atoms with Crippen molar-refractivity contribution < 1.29 is 13.2 Å². The summed E-state index contributed by atoms with van der Waals surface area (Å²) < 4.78 is 26.2. The first-order chi connectivity index (χ1) is 14.3. The van der Waals surface area contributed by atoms with Gasteiger partial charge in [-0.15, -0.1) is 0 Å². The summed E-state index contributed by atoms with van der Waals surface area (Å²) in [5.74, 6) is -0.329. The van der Waals surface area contributed by atoms with E-state index in [1.807, 2.05) is 24.3 Å². The molecular weight excluding hydrogens is 424 g/mol. The summed E-state index contributed by atoms with van der Waals surface area (Å²) in [6.07, 6.45) is 1.59. The van der Waals surface area contributed by atoms with Gasteiger partial charge in [0.25, 0.3) is 0 Å². The van der Waals surface area contributed by atoms with E-state index in [-0.39, 0.29) is 17.2 Å². The molecule has 4 aromatic rings. The number of aromatic nitrogens is 2. The molecule has 0 saturated carbocycles. The molecule has 0 radical (unpaired) electrons. The molecular formula is C21H17ClN4O3S. The van der Waals surface area contributed by atoms with Crippen LogP contribution in [0.15, 0.2) is 78.0 Å². The van der Waals surface area contributed by atoms with Gasteiger partial charge in [-0.1, -0.05) is 41.9 Å². The molecule has 30 heavy (non-hydrogen) atoms. The highest BCUT2D eigenvalue weighted by atomic mass is 35.5. The molecule has 4 rings (SSSR count). The predicted molar refractivity (Wildman–Crippen MR) is 116 cm³/mol. The SMILES string of the molecule is NS(=O)(=O)c1cc(NC(=O)Cc2ccccc2Cl)ccc1-n1cnc2ccccc21. The number of nitrogens with two attached hydrogens (primary N) is 1. The standard InChI is InChI=1S/C21H17ClN4O3S/c22-16-6-2-1-5-14(16)11-21(27)25-15-9-10-19(20(12-15)30(23,28)29)26-13-24-17-7-3-4-8-18(17)26/h1-10,12-13H,11H2,(H,25,27)(H2,23,28,29). The van der Waals surface area contributed by atoms with Gasteiger partial charge in [0.05, 0.1) is 23.1 Å². The molecule has 0 fully saturated rings. The molecule has 3 N–H and O–H groups in total. The zero-order valence-electron chi connectivity index (χ0n) is 15.6. The Balaban J connectivity index is 1.69. The highest BCUT2D eigenvalue weighted by molar-refractivity contribution is 7.89. The minimum atomic E-state index is -4.07. The molecule has 7 nitrogen and oxygen atoms in total. The fraction of sp³-hybridized carbons (Fsp3) is 0.0476. The summed E-state index contributed by atoms with van der Waals surface area (Å²) in [6, 6.07) is 18.9. The van der Waals surface area contributed by atoms with Crippen molar-refractivity contribution in [1.29, 1.82) is 0 Å². The Hall–Kier alpha value is -3.20. The number of rotatable bonds is 5. The number of sulfonamides is 1. The number of nitrogens with zero attached hydrogens (tertiary/aromatic N) is 2. The molecule has 0 saturated heterocycles. The number of nitrogens with one attached hydrogen (secondary N) is 1. The largest absolute Gasteiger partial charge is 0.326 e. The number of carbonyl (C=O) groups excluding carboxylic acids is 1. The minimum Gasteiger partial charge on any atom is -0.326 e. The molecule has 1 heterocycles. The number of fused-ring (bicyclic) bond motifs is 1. The third-order valence-electron chi connectivity index (χ3n) is 4.57. The van der Waals surface area contributed by atoms with E-state index in [0.717, 1.165) is 11.0 Å². The summed E-state index contributed by atoms with van der Waals surface area (Å²) in [5, 5.41) is 8.64. The summed E-state index contributed by atoms with van der Waals surface area (Å²) in [5.41, 5.74) is 2.78. The number of amides is 1. The number of carbonyl (C=O) groups is 1. The van der Waals surface area contributed by atoms with E-state index in [1.54, 1.807) is 41.0 Å². The van der Waals surface area contributed by atoms with E-state index in [2.05, 4.69) is 10.3 Å². The number of imidazole rings is 1. The predicted octanol–water partition coefficient (Wildman–Crippen LogP) is 3.51. The van der Waals surface area contributed by atoms with Crippen LogP contribution in [0.2, 0.25) is 5.02 Å². The quantitative estimate of drug-likeness (QED) is 0.495. The first-order valence-corrected chi connectivity index (χ1v) is 10.9. The number of hydrogen-bond donors (Lipinski definition) is 2. The van der Waals surface area contributed by atoms with Crippen molar-refractivity contribution in [2.45, 2.75) is 11.3 Å². The number of halogens is 1. The summed E-state index contributed by atoms with van der Waals surface area (Å²) in [4.78, 5) is 16.6. The average Bonchev–Trinajstić information content (AvgIpc) is 3.13. The molecule has 1 aromatic heterocycles. The summed E-state index contributed by atoms with van der Waals surface area (Å²) >= 11 is 6.10. The van der Waals surface area contributed by atoms with Gasteiger partial charge in [-0.2, -0.15) is 0 Å². The minimum absolute atomic E-state index is 0.0539. The third kappa shape index (κ3) is 4.06. The van der Waals surface area contributed by atoms with Gasteiger partial charge in [0, 0.05) is 10.7 Å². The fourth-order valence-corrected chi connectivity index (χ4v) is 4.14. The first-order valence-electron chi connectivity index (χ1n) is 8.95. The lowest BCUT2D eigenvalue weighted by atomic mass is 10.1. The van der Waals surface area contributed by atoms with Crippen molar-refractivity contribution in [2.75, 3.05) is 5.32 Å². The Morgan fingerprint density at radius 1 is 1.07 bits per heavy atom. The lowest BCUT2D eigenvalue weighted by Gasteiger charge is -2.13. The van der Waals surface area contributed by atoms with Crippen LogP contribution in [0, 0.1) is 0 Å². The van der Waals surface area contributed by atoms with Gasteiger partial charge in [-0.3, -0.25) is 9.36 Å². The molecule has 152 valence electrons. The van der Waals surface area contributed by atoms with E-state index in [1.165, 1.54) is 12.4 Å². The molecule has 0 atom stereocenters. The van der Waals surface area contributed by atoms with Crippen molar-refractivity contribution in [2.24, 2.45) is 5.14 Å². The fourth-order valence-electron chi connectivity index (χ4n) is 3.19. The number of hydrogen-bond acceptors (Lipinski definition) is 4. The highest BCUT2D eigenvalue weighted by Gasteiger charge is 2.19. The summed E-state index contributed by atoms with van der Waals surface area (Å²) in [7, 11) is -4.07. The number of primary sulfonamides is 1. The zero-order valence-corrected chi connectivity index (χ0v) is 17.2. The Morgan fingerprint density at radius 2 is 1.80 bits per heavy atom. The Morgan fingerprint density at radius 3 is 2.57 bits per heavy atom. The smallest absolute Gasteiger partial charge is 0.240 e. The monoisotopic (exact) mass is 440 g/mol. The lowest BCUT2D eigenvalue weighted by molar-refractivity contribution is -0.115. The van der Waals surface area contributed by atoms with Crippen LogP contribution < -0.4 is 10.5 Å². The first kappa shape index (κ1) is 20.1. The van der Waals surface area contributed by atoms with Crippen LogP contribution in [-0.4, -0.2) is 23.9 Å². The van der Waals surface area contributed by atoms with Crippen LogP contribution in [0.4, 0.5) is 5.69 Å². The van der Waals surface area contributed by atoms with Crippen LogP contribution in [0.5, 0.6) is 0 Å². The zero-order chi connectivity index (χ0) is 21.3. The van der Waals surface area contributed by atoms with E-state index in [4.69, 9.17) is 16.7 Å². The second kappa shape index (κ2) is 7.91. The van der Waals surface area contributed by atoms with Crippen LogP contribution in [0.25, 0.3) is 16.7 Å². The van der Waals surface area contributed by atoms with Crippen molar-refractivity contribution in [3.63, 3.8) is 0 Å². The Labute approximate surface area is 178 Å². The van der Waals surface area contributed by atoms with E-state index in [9.17, 15) is 13.2 Å². The highest BCUT2D eigenvalue weighted by Crippen LogP contribution is 2.27. The van der Waals surface area contributed by atoms with Crippen molar-refractivity contribution in [1.82, 2.24) is 9.55 Å². The molecule has 0 aliphatic rings. The normalized spacial score (nSPS) is 11.5. The van der Waals surface area contributed by atoms with E-state index < -0.39 is 10.0 Å². The Bertz CT molecular complexity index is 1370. The second-order valence-corrected chi connectivity index (χ2v) is 8.58. The van der Waals surface area contributed by atoms with Crippen LogP contribution in [0.3, 0.4) is 0 Å². The van der Waals surface area contributed by atoms with Crippen molar-refractivity contribution >= 4 is 44.3 Å². The second-order valence-electron chi connectivity index (χ2n) is 6.65. The van der Waals surface area contributed by atoms with Gasteiger partial charge in [0.1, 0.15) is 11.2 Å². The number of benzene rings is 3. The molecule has 0 aliphatic heterocycles. The van der Waals surface area contributed by atoms with E-state index >= 15 is 0 Å². The molecule has 0 bridgehead atoms. The van der Waals surface area contributed by atoms with Gasteiger partial charge in [0.2, 0.25) is 15.9 Å². The van der Waals surface area contributed by atoms with Gasteiger partial charge in [0.15, 0.2) is 0 Å². The maximum absolute atomic E-state index is 12.4. The topological polar surface area (TPSA) is 107 Å². The summed E-state index contributed by atoms with van der Waals surface area (Å²) in [6.45, 7) is 0. The molecule has 0 unspecified atom stereocenters. The number of anilines is 1. The van der Waals surface area contributed by atoms with E-state index in [0.29, 0.717) is 22.0 Å². The van der Waals surface area contributed by atoms with Crippen molar-refractivity contribution in [3.05, 3.63) is 83.6 Å².